The molecular weight excluding hydrogens is 356 g/mol. The van der Waals surface area contributed by atoms with Crippen LogP contribution in [0.1, 0.15) is 38.6 Å². The largest absolute Gasteiger partial charge is 0.467 e. The highest BCUT2D eigenvalue weighted by molar-refractivity contribution is 5.94. The summed E-state index contributed by atoms with van der Waals surface area (Å²) in [5.41, 5.74) is 4.19. The van der Waals surface area contributed by atoms with Gasteiger partial charge in [0.1, 0.15) is 5.76 Å². The molecule has 2 aromatic heterocycles. The van der Waals surface area contributed by atoms with Crippen molar-refractivity contribution >= 4 is 11.8 Å². The summed E-state index contributed by atoms with van der Waals surface area (Å²) in [4.78, 5) is 27.1. The first-order valence-corrected chi connectivity index (χ1v) is 9.30. The molecule has 7 nitrogen and oxygen atoms in total. The highest BCUT2D eigenvalue weighted by atomic mass is 16.3. The summed E-state index contributed by atoms with van der Waals surface area (Å²) in [6.07, 6.45) is 2.58. The average molecular weight is 378 g/mol. The van der Waals surface area contributed by atoms with Crippen molar-refractivity contribution in [3.63, 3.8) is 0 Å². The minimum atomic E-state index is -0.276. The van der Waals surface area contributed by atoms with Gasteiger partial charge in [0.2, 0.25) is 5.91 Å². The number of aryl methyl sites for hydroxylation is 1. The van der Waals surface area contributed by atoms with Crippen molar-refractivity contribution in [1.29, 1.82) is 0 Å². The van der Waals surface area contributed by atoms with E-state index in [-0.39, 0.29) is 11.8 Å². The van der Waals surface area contributed by atoms with Gasteiger partial charge in [-0.3, -0.25) is 14.7 Å². The minimum absolute atomic E-state index is 0.0550. The van der Waals surface area contributed by atoms with Gasteiger partial charge < -0.3 is 14.6 Å². The first kappa shape index (κ1) is 18.0. The Morgan fingerprint density at radius 3 is 2.96 bits per heavy atom. The fourth-order valence-corrected chi connectivity index (χ4v) is 3.47. The van der Waals surface area contributed by atoms with E-state index in [1.165, 1.54) is 0 Å². The normalized spacial score (nSPS) is 13.2. The lowest BCUT2D eigenvalue weighted by Crippen LogP contribution is -2.37. The zero-order valence-electron chi connectivity index (χ0n) is 15.7. The quantitative estimate of drug-likeness (QED) is 0.713. The molecule has 0 spiro atoms. The summed E-state index contributed by atoms with van der Waals surface area (Å²) >= 11 is 0. The molecule has 0 saturated heterocycles. The number of hydrogen-bond acceptors (Lipinski definition) is 4. The van der Waals surface area contributed by atoms with Gasteiger partial charge in [-0.2, -0.15) is 5.10 Å². The molecule has 0 saturated carbocycles. The zero-order chi connectivity index (χ0) is 19.5. The maximum atomic E-state index is 12.8. The van der Waals surface area contributed by atoms with Crippen LogP contribution in [0, 0.1) is 6.92 Å². The molecule has 7 heteroatoms. The standard InChI is InChI=1S/C21H22N4O3/c1-14-4-2-5-15(10-14)11-19(26)25-8-7-18-17(13-25)20(24-23-18)21(27)22-12-16-6-3-9-28-16/h2-6,9-10H,7-8,11-13H2,1H3,(H,22,27)(H,23,24). The number of aromatic amines is 1. The Bertz CT molecular complexity index is 991. The number of nitrogens with zero attached hydrogens (tertiary/aromatic N) is 2. The molecule has 1 aliphatic rings. The van der Waals surface area contributed by atoms with Gasteiger partial charge in [0.15, 0.2) is 5.69 Å². The van der Waals surface area contributed by atoms with E-state index >= 15 is 0 Å². The third-order valence-electron chi connectivity index (χ3n) is 4.94. The van der Waals surface area contributed by atoms with Crippen molar-refractivity contribution in [3.05, 3.63) is 76.5 Å². The van der Waals surface area contributed by atoms with E-state index in [9.17, 15) is 9.59 Å². The van der Waals surface area contributed by atoms with E-state index in [2.05, 4.69) is 15.5 Å². The Morgan fingerprint density at radius 2 is 2.18 bits per heavy atom. The minimum Gasteiger partial charge on any atom is -0.467 e. The highest BCUT2D eigenvalue weighted by Gasteiger charge is 2.27. The van der Waals surface area contributed by atoms with Crippen LogP contribution in [-0.4, -0.2) is 33.5 Å². The second kappa shape index (κ2) is 7.72. The lowest BCUT2D eigenvalue weighted by atomic mass is 10.0. The Labute approximate surface area is 162 Å². The van der Waals surface area contributed by atoms with Gasteiger partial charge in [-0.1, -0.05) is 29.8 Å². The zero-order valence-corrected chi connectivity index (χ0v) is 15.7. The molecule has 0 unspecified atom stereocenters. The number of amides is 2. The molecule has 0 atom stereocenters. The maximum Gasteiger partial charge on any atom is 0.272 e. The number of fused-ring (bicyclic) bond motifs is 1. The van der Waals surface area contributed by atoms with Gasteiger partial charge in [-0.25, -0.2) is 0 Å². The number of rotatable bonds is 5. The molecule has 3 heterocycles. The fourth-order valence-electron chi connectivity index (χ4n) is 3.47. The number of hydrogen-bond donors (Lipinski definition) is 2. The van der Waals surface area contributed by atoms with Gasteiger partial charge in [-0.05, 0) is 24.6 Å². The molecule has 2 N–H and O–H groups in total. The van der Waals surface area contributed by atoms with Crippen molar-refractivity contribution in [2.75, 3.05) is 6.54 Å². The van der Waals surface area contributed by atoms with Crippen molar-refractivity contribution in [2.45, 2.75) is 32.9 Å². The van der Waals surface area contributed by atoms with Crippen molar-refractivity contribution < 1.29 is 14.0 Å². The van der Waals surface area contributed by atoms with E-state index in [0.717, 1.165) is 22.4 Å². The molecule has 2 amide bonds. The van der Waals surface area contributed by atoms with E-state index in [1.807, 2.05) is 31.2 Å². The van der Waals surface area contributed by atoms with Gasteiger partial charge in [0.05, 0.1) is 19.2 Å². The average Bonchev–Trinajstić information content (AvgIpc) is 3.35. The molecule has 1 aromatic carbocycles. The van der Waals surface area contributed by atoms with E-state index in [0.29, 0.717) is 43.9 Å². The predicted octanol–water partition coefficient (Wildman–Crippen LogP) is 2.37. The summed E-state index contributed by atoms with van der Waals surface area (Å²) in [5, 5.41) is 9.94. The van der Waals surface area contributed by atoms with Crippen LogP contribution in [0.25, 0.3) is 0 Å². The van der Waals surface area contributed by atoms with Crippen LogP contribution >= 0.6 is 0 Å². The van der Waals surface area contributed by atoms with E-state index in [1.54, 1.807) is 23.3 Å². The number of benzene rings is 1. The maximum absolute atomic E-state index is 12.8. The molecule has 144 valence electrons. The molecule has 3 aromatic rings. The molecule has 0 bridgehead atoms. The highest BCUT2D eigenvalue weighted by Crippen LogP contribution is 2.21. The molecule has 0 fully saturated rings. The Kier molecular flexibility index (Phi) is 4.97. The molecule has 0 radical (unpaired) electrons. The predicted molar refractivity (Wildman–Crippen MR) is 102 cm³/mol. The van der Waals surface area contributed by atoms with Crippen LogP contribution in [0.5, 0.6) is 0 Å². The third kappa shape index (κ3) is 3.83. The smallest absolute Gasteiger partial charge is 0.272 e. The summed E-state index contributed by atoms with van der Waals surface area (Å²) in [5.74, 6) is 0.453. The van der Waals surface area contributed by atoms with E-state index < -0.39 is 0 Å². The Hall–Kier alpha value is -3.35. The van der Waals surface area contributed by atoms with Crippen LogP contribution in [0.15, 0.2) is 47.1 Å². The summed E-state index contributed by atoms with van der Waals surface area (Å²) in [6, 6.07) is 11.5. The van der Waals surface area contributed by atoms with Crippen molar-refractivity contribution in [2.24, 2.45) is 0 Å². The summed E-state index contributed by atoms with van der Waals surface area (Å²) in [6.45, 7) is 3.32. The molecule has 1 aliphatic heterocycles. The van der Waals surface area contributed by atoms with Crippen LogP contribution < -0.4 is 5.32 Å². The first-order valence-electron chi connectivity index (χ1n) is 9.30. The van der Waals surface area contributed by atoms with E-state index in [4.69, 9.17) is 4.42 Å². The lowest BCUT2D eigenvalue weighted by molar-refractivity contribution is -0.131. The lowest BCUT2D eigenvalue weighted by Gasteiger charge is -2.27. The fraction of sp³-hybridized carbons (Fsp3) is 0.286. The van der Waals surface area contributed by atoms with Gasteiger partial charge in [-0.15, -0.1) is 0 Å². The topological polar surface area (TPSA) is 91.2 Å². The van der Waals surface area contributed by atoms with Gasteiger partial charge in [0.25, 0.3) is 5.91 Å². The molecular formula is C21H22N4O3. The number of carbonyl (C=O) groups is 2. The molecule has 28 heavy (non-hydrogen) atoms. The Morgan fingerprint density at radius 1 is 1.29 bits per heavy atom. The number of H-pyrrole nitrogens is 1. The van der Waals surface area contributed by atoms with Crippen LogP contribution in [-0.2, 0) is 30.7 Å². The van der Waals surface area contributed by atoms with Crippen molar-refractivity contribution in [3.8, 4) is 0 Å². The number of furan rings is 1. The third-order valence-corrected chi connectivity index (χ3v) is 4.94. The molecule has 0 aliphatic carbocycles. The first-order chi connectivity index (χ1) is 13.6. The second-order valence-electron chi connectivity index (χ2n) is 7.02. The van der Waals surface area contributed by atoms with Crippen LogP contribution in [0.3, 0.4) is 0 Å². The van der Waals surface area contributed by atoms with Crippen molar-refractivity contribution in [1.82, 2.24) is 20.4 Å². The van der Waals surface area contributed by atoms with Crippen LogP contribution in [0.2, 0.25) is 0 Å². The summed E-state index contributed by atoms with van der Waals surface area (Å²) < 4.78 is 5.23. The number of carbonyl (C=O) groups excluding carboxylic acids is 2. The number of aromatic nitrogens is 2. The molecule has 4 rings (SSSR count). The van der Waals surface area contributed by atoms with Gasteiger partial charge >= 0.3 is 0 Å². The summed E-state index contributed by atoms with van der Waals surface area (Å²) in [7, 11) is 0. The Balaban J connectivity index is 1.43. The monoisotopic (exact) mass is 378 g/mol. The SMILES string of the molecule is Cc1cccc(CC(=O)N2CCc3[nH]nc(C(=O)NCc4ccco4)c3C2)c1. The van der Waals surface area contributed by atoms with Gasteiger partial charge in [0, 0.05) is 30.8 Å². The second-order valence-corrected chi connectivity index (χ2v) is 7.02. The van der Waals surface area contributed by atoms with Crippen LogP contribution in [0.4, 0.5) is 0 Å². The number of nitrogens with one attached hydrogen (secondary N) is 2.